The molecule has 0 unspecified atom stereocenters. The Hall–Kier alpha value is -12.5. The summed E-state index contributed by atoms with van der Waals surface area (Å²) in [5, 5.41) is 17.3. The number of hydrogen-bond acceptors (Lipinski definition) is 2. The van der Waals surface area contributed by atoms with Crippen LogP contribution in [0.4, 0.5) is 0 Å². The van der Waals surface area contributed by atoms with Gasteiger partial charge in [0.15, 0.2) is 0 Å². The van der Waals surface area contributed by atoms with Gasteiger partial charge < -0.3 is 0 Å². The molecule has 94 heavy (non-hydrogen) atoms. The van der Waals surface area contributed by atoms with E-state index >= 15 is 0 Å². The van der Waals surface area contributed by atoms with E-state index in [0.717, 1.165) is 78.5 Å². The summed E-state index contributed by atoms with van der Waals surface area (Å²) in [5.41, 5.74) is 20.0. The molecule has 0 radical (unpaired) electrons. The van der Waals surface area contributed by atoms with E-state index in [-0.39, 0.29) is 0 Å². The Morgan fingerprint density at radius 3 is 1.20 bits per heavy atom. The molecule has 19 rings (SSSR count). The summed E-state index contributed by atoms with van der Waals surface area (Å²) in [6.07, 6.45) is 0. The first-order chi connectivity index (χ1) is 46.6. The van der Waals surface area contributed by atoms with E-state index in [1.54, 1.807) is 0 Å². The molecule has 4 heteroatoms. The smallest absolute Gasteiger partial charge is 0.145 e. The molecule has 17 aromatic carbocycles. The van der Waals surface area contributed by atoms with E-state index in [0.29, 0.717) is 0 Å². The first-order valence-electron chi connectivity index (χ1n) is 32.3. The number of imidazole rings is 2. The summed E-state index contributed by atoms with van der Waals surface area (Å²) < 4.78 is 4.65. The number of aromatic nitrogens is 4. The number of para-hydroxylation sites is 2. The Bertz CT molecular complexity index is 6160. The van der Waals surface area contributed by atoms with Gasteiger partial charge in [-0.05, 0) is 198 Å². The van der Waals surface area contributed by atoms with Crippen LogP contribution < -0.4 is 0 Å². The van der Waals surface area contributed by atoms with E-state index < -0.39 is 0 Å². The summed E-state index contributed by atoms with van der Waals surface area (Å²) in [7, 11) is 0. The van der Waals surface area contributed by atoms with Crippen molar-refractivity contribution in [1.29, 1.82) is 0 Å². The molecule has 0 N–H and O–H groups in total. The minimum Gasteiger partial charge on any atom is -0.292 e. The lowest BCUT2D eigenvalue weighted by Gasteiger charge is -2.20. The van der Waals surface area contributed by atoms with Gasteiger partial charge in [0, 0.05) is 22.5 Å². The lowest BCUT2D eigenvalue weighted by atomic mass is 9.84. The molecule has 19 aromatic rings. The second kappa shape index (κ2) is 21.6. The zero-order valence-electron chi connectivity index (χ0n) is 51.1. The van der Waals surface area contributed by atoms with Crippen LogP contribution in [0.2, 0.25) is 0 Å². The van der Waals surface area contributed by atoms with Crippen molar-refractivity contribution in [1.82, 2.24) is 19.1 Å². The summed E-state index contributed by atoms with van der Waals surface area (Å²) in [6.45, 7) is 0. The van der Waals surface area contributed by atoms with Crippen LogP contribution in [-0.4, -0.2) is 19.1 Å². The van der Waals surface area contributed by atoms with Gasteiger partial charge in [-0.1, -0.05) is 273 Å². The maximum Gasteiger partial charge on any atom is 0.145 e. The SMILES string of the molecule is c1ccc(-c2nc3ccc(-c4cccc(-c5nc6ccccc6n5-c5ccc(-c6c7ccccc7c(-c7ccc8ccccc8c7)c7ccccc67)cc5)c4)cc3n2-c2ccc(-c3c4ccccc4c(-c4cc5ccccc5c5ccccc45)c4ccccc34)cc2)cc1. The Kier molecular flexibility index (Phi) is 12.3. The molecule has 0 aliphatic rings. The monoisotopic (exact) mass is 1190 g/mol. The number of rotatable bonds is 9. The van der Waals surface area contributed by atoms with E-state index in [1.807, 2.05) is 0 Å². The van der Waals surface area contributed by atoms with Gasteiger partial charge in [-0.2, -0.15) is 0 Å². The molecular formula is C90H56N4. The van der Waals surface area contributed by atoms with E-state index in [9.17, 15) is 0 Å². The average Bonchev–Trinajstić information content (AvgIpc) is 1.49. The molecule has 0 aliphatic carbocycles. The van der Waals surface area contributed by atoms with Gasteiger partial charge in [0.05, 0.1) is 22.1 Å². The molecule has 4 nitrogen and oxygen atoms in total. The summed E-state index contributed by atoms with van der Waals surface area (Å²) in [5.74, 6) is 1.76. The van der Waals surface area contributed by atoms with Crippen molar-refractivity contribution in [3.8, 4) is 89.8 Å². The van der Waals surface area contributed by atoms with Gasteiger partial charge >= 0.3 is 0 Å². The second-order valence-corrected chi connectivity index (χ2v) is 24.7. The van der Waals surface area contributed by atoms with Crippen molar-refractivity contribution < 1.29 is 0 Å². The topological polar surface area (TPSA) is 35.6 Å². The third-order valence-electron chi connectivity index (χ3n) is 19.5. The molecule has 436 valence electrons. The van der Waals surface area contributed by atoms with Crippen molar-refractivity contribution >= 4 is 97.5 Å². The maximum atomic E-state index is 5.40. The van der Waals surface area contributed by atoms with Crippen LogP contribution in [0, 0.1) is 0 Å². The molecule has 0 aliphatic heterocycles. The third-order valence-corrected chi connectivity index (χ3v) is 19.5. The predicted molar refractivity (Wildman–Crippen MR) is 396 cm³/mol. The average molecular weight is 1190 g/mol. The van der Waals surface area contributed by atoms with Crippen molar-refractivity contribution in [3.63, 3.8) is 0 Å². The number of nitrogens with zero attached hydrogens (tertiary/aromatic N) is 4. The molecule has 0 saturated heterocycles. The number of hydrogen-bond donors (Lipinski definition) is 0. The molecule has 2 aromatic heterocycles. The molecule has 0 atom stereocenters. The van der Waals surface area contributed by atoms with Crippen LogP contribution in [0.1, 0.15) is 0 Å². The molecule has 0 spiro atoms. The van der Waals surface area contributed by atoms with Crippen LogP contribution in [0.3, 0.4) is 0 Å². The Morgan fingerprint density at radius 1 is 0.191 bits per heavy atom. The molecule has 2 heterocycles. The van der Waals surface area contributed by atoms with Gasteiger partial charge in [-0.15, -0.1) is 0 Å². The first-order valence-corrected chi connectivity index (χ1v) is 32.3. The van der Waals surface area contributed by atoms with Crippen LogP contribution in [0.25, 0.3) is 187 Å². The molecule has 0 amide bonds. The Morgan fingerprint density at radius 2 is 0.596 bits per heavy atom. The minimum absolute atomic E-state index is 0.876. The first kappa shape index (κ1) is 53.3. The lowest BCUT2D eigenvalue weighted by molar-refractivity contribution is 1.10. The van der Waals surface area contributed by atoms with Crippen molar-refractivity contribution in [2.75, 3.05) is 0 Å². The summed E-state index contributed by atoms with van der Waals surface area (Å²) in [4.78, 5) is 10.8. The van der Waals surface area contributed by atoms with Gasteiger partial charge in [-0.3, -0.25) is 9.13 Å². The highest BCUT2D eigenvalue weighted by atomic mass is 15.1. The van der Waals surface area contributed by atoms with E-state index in [1.165, 1.54) is 109 Å². The van der Waals surface area contributed by atoms with Crippen LogP contribution in [0.5, 0.6) is 0 Å². The highest BCUT2D eigenvalue weighted by Crippen LogP contribution is 2.49. The largest absolute Gasteiger partial charge is 0.292 e. The standard InChI is InChI=1S/C90H56N4/c1-2-22-60(23-3-1)89-92-82-52-47-63(56-84(82)94(89)68-50-45-59(46-51-68)86-76-35-14-16-37-78(76)88(79-38-17-15-36-77(79)86)80-55-64-25-6-7-28-69(64)70-29-8-9-30-71(70)80)62-26-20-27-66(54-62)90-91-81-39-18-19-40-83(81)93(90)67-48-43-58(44-49-67)85-72-31-10-12-33-74(72)87(75-34-13-11-32-73(75)85)65-42-41-57-21-4-5-24-61(57)53-65/h1-56H. The van der Waals surface area contributed by atoms with Crippen molar-refractivity contribution in [2.45, 2.75) is 0 Å². The van der Waals surface area contributed by atoms with Gasteiger partial charge in [0.2, 0.25) is 0 Å². The van der Waals surface area contributed by atoms with Crippen LogP contribution in [-0.2, 0) is 0 Å². The number of fused-ring (bicyclic) bond motifs is 10. The molecule has 0 saturated carbocycles. The van der Waals surface area contributed by atoms with Gasteiger partial charge in [-0.25, -0.2) is 9.97 Å². The van der Waals surface area contributed by atoms with Gasteiger partial charge in [0.1, 0.15) is 11.6 Å². The van der Waals surface area contributed by atoms with Crippen LogP contribution >= 0.6 is 0 Å². The normalized spacial score (nSPS) is 11.8. The van der Waals surface area contributed by atoms with Crippen LogP contribution in [0.15, 0.2) is 340 Å². The second-order valence-electron chi connectivity index (χ2n) is 24.7. The maximum absolute atomic E-state index is 5.40. The fourth-order valence-electron chi connectivity index (χ4n) is 15.3. The summed E-state index contributed by atoms with van der Waals surface area (Å²) >= 11 is 0. The van der Waals surface area contributed by atoms with Crippen molar-refractivity contribution in [2.24, 2.45) is 0 Å². The summed E-state index contributed by atoms with van der Waals surface area (Å²) in [6, 6.07) is 124. The van der Waals surface area contributed by atoms with E-state index in [4.69, 9.17) is 9.97 Å². The van der Waals surface area contributed by atoms with Crippen molar-refractivity contribution in [3.05, 3.63) is 340 Å². The predicted octanol–water partition coefficient (Wildman–Crippen LogP) is 24.1. The highest BCUT2D eigenvalue weighted by Gasteiger charge is 2.23. The lowest BCUT2D eigenvalue weighted by Crippen LogP contribution is -1.98. The molecule has 0 fully saturated rings. The Balaban J connectivity index is 0.707. The third kappa shape index (κ3) is 8.54. The quantitative estimate of drug-likeness (QED) is 0.107. The van der Waals surface area contributed by atoms with E-state index in [2.05, 4.69) is 349 Å². The fraction of sp³-hybridized carbons (Fsp3) is 0. The molecule has 0 bridgehead atoms. The minimum atomic E-state index is 0.876. The zero-order chi connectivity index (χ0) is 61.8. The number of benzene rings is 17. The highest BCUT2D eigenvalue weighted by molar-refractivity contribution is 6.26. The zero-order valence-corrected chi connectivity index (χ0v) is 51.1. The molecular weight excluding hydrogens is 1140 g/mol. The fourth-order valence-corrected chi connectivity index (χ4v) is 15.3. The Labute approximate surface area is 542 Å². The van der Waals surface area contributed by atoms with Gasteiger partial charge in [0.25, 0.3) is 0 Å².